The molecule has 1 N–H and O–H groups in total. The van der Waals surface area contributed by atoms with Crippen LogP contribution in [0.1, 0.15) is 29.6 Å². The summed E-state index contributed by atoms with van der Waals surface area (Å²) in [5.74, 6) is 0.880. The van der Waals surface area contributed by atoms with Crippen LogP contribution in [-0.2, 0) is 0 Å². The highest BCUT2D eigenvalue weighted by molar-refractivity contribution is 5.94. The summed E-state index contributed by atoms with van der Waals surface area (Å²) in [7, 11) is 1.63. The molecule has 2 saturated heterocycles. The molecule has 0 radical (unpaired) electrons. The molecule has 4 heteroatoms. The molecule has 0 saturated carbocycles. The number of rotatable bonds is 2. The number of benzene rings is 1. The normalized spacial score (nSPS) is 21.1. The zero-order chi connectivity index (χ0) is 14.0. The molecule has 1 amide bonds. The SMILES string of the molecule is COc1cccc(C(=O)N2CCC3(CCNCC3)C2)c1. The van der Waals surface area contributed by atoms with Crippen LogP contribution < -0.4 is 10.1 Å². The Morgan fingerprint density at radius 3 is 2.85 bits per heavy atom. The Kier molecular flexibility index (Phi) is 3.66. The number of amides is 1. The predicted octanol–water partition coefficient (Wildman–Crippen LogP) is 1.91. The van der Waals surface area contributed by atoms with Gasteiger partial charge in [-0.25, -0.2) is 0 Å². The molecule has 20 heavy (non-hydrogen) atoms. The van der Waals surface area contributed by atoms with E-state index in [2.05, 4.69) is 5.32 Å². The lowest BCUT2D eigenvalue weighted by Gasteiger charge is -2.33. The summed E-state index contributed by atoms with van der Waals surface area (Å²) in [5.41, 5.74) is 1.09. The fourth-order valence-corrected chi connectivity index (χ4v) is 3.41. The highest BCUT2D eigenvalue weighted by Crippen LogP contribution is 2.39. The van der Waals surface area contributed by atoms with Crippen LogP contribution in [0.15, 0.2) is 24.3 Å². The lowest BCUT2D eigenvalue weighted by molar-refractivity contribution is 0.0761. The average molecular weight is 274 g/mol. The monoisotopic (exact) mass is 274 g/mol. The van der Waals surface area contributed by atoms with E-state index in [-0.39, 0.29) is 5.91 Å². The number of likely N-dealkylation sites (tertiary alicyclic amines) is 1. The number of hydrogen-bond donors (Lipinski definition) is 1. The molecule has 1 aromatic carbocycles. The number of piperidine rings is 1. The molecule has 1 spiro atoms. The van der Waals surface area contributed by atoms with Gasteiger partial charge in [-0.2, -0.15) is 0 Å². The minimum absolute atomic E-state index is 0.138. The number of carbonyl (C=O) groups is 1. The van der Waals surface area contributed by atoms with Crippen LogP contribution in [0.3, 0.4) is 0 Å². The van der Waals surface area contributed by atoms with Crippen molar-refractivity contribution in [2.24, 2.45) is 5.41 Å². The van der Waals surface area contributed by atoms with Gasteiger partial charge >= 0.3 is 0 Å². The lowest BCUT2D eigenvalue weighted by atomic mass is 9.78. The third-order valence-corrected chi connectivity index (χ3v) is 4.71. The van der Waals surface area contributed by atoms with Crippen molar-refractivity contribution >= 4 is 5.91 Å². The van der Waals surface area contributed by atoms with E-state index in [0.29, 0.717) is 5.41 Å². The van der Waals surface area contributed by atoms with E-state index in [1.165, 1.54) is 12.8 Å². The zero-order valence-corrected chi connectivity index (χ0v) is 12.0. The van der Waals surface area contributed by atoms with E-state index in [9.17, 15) is 4.79 Å². The molecular weight excluding hydrogens is 252 g/mol. The minimum atomic E-state index is 0.138. The number of ether oxygens (including phenoxy) is 1. The first kappa shape index (κ1) is 13.4. The van der Waals surface area contributed by atoms with Crippen LogP contribution in [0.5, 0.6) is 5.75 Å². The molecule has 4 nitrogen and oxygen atoms in total. The van der Waals surface area contributed by atoms with Crippen molar-refractivity contribution in [2.75, 3.05) is 33.3 Å². The van der Waals surface area contributed by atoms with Gasteiger partial charge in [0.15, 0.2) is 0 Å². The van der Waals surface area contributed by atoms with Gasteiger partial charge in [-0.1, -0.05) is 6.07 Å². The number of methoxy groups -OCH3 is 1. The third kappa shape index (κ3) is 2.52. The van der Waals surface area contributed by atoms with Crippen LogP contribution in [0, 0.1) is 5.41 Å². The molecule has 0 aromatic heterocycles. The van der Waals surface area contributed by atoms with Gasteiger partial charge in [-0.05, 0) is 56.0 Å². The molecule has 0 unspecified atom stereocenters. The first-order valence-electron chi connectivity index (χ1n) is 7.37. The molecule has 3 rings (SSSR count). The van der Waals surface area contributed by atoms with Gasteiger partial charge in [0.25, 0.3) is 5.91 Å². The quantitative estimate of drug-likeness (QED) is 0.895. The van der Waals surface area contributed by atoms with Gasteiger partial charge in [0.2, 0.25) is 0 Å². The first-order chi connectivity index (χ1) is 9.72. The number of hydrogen-bond acceptors (Lipinski definition) is 3. The Labute approximate surface area is 120 Å². The summed E-state index contributed by atoms with van der Waals surface area (Å²) in [6, 6.07) is 7.45. The standard InChI is InChI=1S/C16H22N2O2/c1-20-14-4-2-3-13(11-14)15(19)18-10-7-16(12-18)5-8-17-9-6-16/h2-4,11,17H,5-10,12H2,1H3. The zero-order valence-electron chi connectivity index (χ0n) is 12.0. The summed E-state index contributed by atoms with van der Waals surface area (Å²) in [5, 5.41) is 3.41. The summed E-state index contributed by atoms with van der Waals surface area (Å²) in [6.07, 6.45) is 3.52. The second-order valence-corrected chi connectivity index (χ2v) is 5.96. The van der Waals surface area contributed by atoms with E-state index in [0.717, 1.165) is 43.9 Å². The van der Waals surface area contributed by atoms with Crippen molar-refractivity contribution < 1.29 is 9.53 Å². The maximum absolute atomic E-state index is 12.6. The predicted molar refractivity (Wildman–Crippen MR) is 78.1 cm³/mol. The van der Waals surface area contributed by atoms with Gasteiger partial charge < -0.3 is 15.0 Å². The van der Waals surface area contributed by atoms with Crippen molar-refractivity contribution in [3.63, 3.8) is 0 Å². The molecule has 2 heterocycles. The second kappa shape index (κ2) is 5.44. The van der Waals surface area contributed by atoms with Crippen LogP contribution in [-0.4, -0.2) is 44.1 Å². The van der Waals surface area contributed by atoms with Gasteiger partial charge in [-0.3, -0.25) is 4.79 Å². The van der Waals surface area contributed by atoms with Crippen molar-refractivity contribution in [1.82, 2.24) is 10.2 Å². The maximum atomic E-state index is 12.6. The Morgan fingerprint density at radius 1 is 1.30 bits per heavy atom. The summed E-state index contributed by atoms with van der Waals surface area (Å²) in [4.78, 5) is 14.6. The van der Waals surface area contributed by atoms with E-state index >= 15 is 0 Å². The van der Waals surface area contributed by atoms with Gasteiger partial charge in [0.1, 0.15) is 5.75 Å². The van der Waals surface area contributed by atoms with Crippen molar-refractivity contribution in [2.45, 2.75) is 19.3 Å². The molecule has 2 aliphatic rings. The summed E-state index contributed by atoms with van der Waals surface area (Å²) < 4.78 is 5.20. The van der Waals surface area contributed by atoms with Crippen LogP contribution in [0.25, 0.3) is 0 Å². The summed E-state index contributed by atoms with van der Waals surface area (Å²) >= 11 is 0. The van der Waals surface area contributed by atoms with Gasteiger partial charge in [0, 0.05) is 18.7 Å². The van der Waals surface area contributed by atoms with E-state index < -0.39 is 0 Å². The lowest BCUT2D eigenvalue weighted by Crippen LogP contribution is -2.39. The van der Waals surface area contributed by atoms with Crippen molar-refractivity contribution in [1.29, 1.82) is 0 Å². The molecule has 0 aliphatic carbocycles. The van der Waals surface area contributed by atoms with Gasteiger partial charge in [0.05, 0.1) is 7.11 Å². The van der Waals surface area contributed by atoms with Crippen molar-refractivity contribution in [3.05, 3.63) is 29.8 Å². The third-order valence-electron chi connectivity index (χ3n) is 4.71. The average Bonchev–Trinajstić information content (AvgIpc) is 2.91. The topological polar surface area (TPSA) is 41.6 Å². The Bertz CT molecular complexity index is 495. The van der Waals surface area contributed by atoms with E-state index in [1.54, 1.807) is 7.11 Å². The van der Waals surface area contributed by atoms with Crippen molar-refractivity contribution in [3.8, 4) is 5.75 Å². The maximum Gasteiger partial charge on any atom is 0.254 e. The minimum Gasteiger partial charge on any atom is -0.497 e. The highest BCUT2D eigenvalue weighted by Gasteiger charge is 2.40. The Balaban J connectivity index is 1.72. The Morgan fingerprint density at radius 2 is 2.10 bits per heavy atom. The fourth-order valence-electron chi connectivity index (χ4n) is 3.41. The number of nitrogens with one attached hydrogen (secondary N) is 1. The number of carbonyl (C=O) groups excluding carboxylic acids is 1. The molecule has 0 atom stereocenters. The molecule has 2 fully saturated rings. The van der Waals surface area contributed by atoms with Crippen LogP contribution in [0.2, 0.25) is 0 Å². The Hall–Kier alpha value is -1.55. The second-order valence-electron chi connectivity index (χ2n) is 5.96. The van der Waals surface area contributed by atoms with E-state index in [1.807, 2.05) is 29.2 Å². The molecule has 2 aliphatic heterocycles. The smallest absolute Gasteiger partial charge is 0.254 e. The van der Waals surface area contributed by atoms with Gasteiger partial charge in [-0.15, -0.1) is 0 Å². The highest BCUT2D eigenvalue weighted by atomic mass is 16.5. The largest absolute Gasteiger partial charge is 0.497 e. The fraction of sp³-hybridized carbons (Fsp3) is 0.562. The van der Waals surface area contributed by atoms with E-state index in [4.69, 9.17) is 4.74 Å². The molecular formula is C16H22N2O2. The molecule has 1 aromatic rings. The van der Waals surface area contributed by atoms with Crippen LogP contribution in [0.4, 0.5) is 0 Å². The van der Waals surface area contributed by atoms with Crippen LogP contribution >= 0.6 is 0 Å². The molecule has 0 bridgehead atoms. The number of nitrogens with zero attached hydrogens (tertiary/aromatic N) is 1. The summed E-state index contributed by atoms with van der Waals surface area (Å²) in [6.45, 7) is 3.96. The first-order valence-corrected chi connectivity index (χ1v) is 7.37. The molecule has 108 valence electrons.